The van der Waals surface area contributed by atoms with Gasteiger partial charge in [-0.05, 0) is 31.9 Å². The molecule has 19 heavy (non-hydrogen) atoms. The van der Waals surface area contributed by atoms with Crippen LogP contribution in [0.25, 0.3) is 0 Å². The van der Waals surface area contributed by atoms with Crippen LogP contribution < -0.4 is 15.4 Å². The Hall–Kier alpha value is -1.59. The Labute approximate surface area is 110 Å². The average molecular weight is 274 g/mol. The van der Waals surface area contributed by atoms with Crippen molar-refractivity contribution in [2.45, 2.75) is 32.0 Å². The highest BCUT2D eigenvalue weighted by atomic mass is 19.4. The summed E-state index contributed by atoms with van der Waals surface area (Å²) in [7, 11) is 0. The SMILES string of the molecule is CCOc1cc(N(CC(F)(F)F)C2CC2)ccc1N. The molecule has 0 bridgehead atoms. The van der Waals surface area contributed by atoms with E-state index in [1.807, 2.05) is 0 Å². The fourth-order valence-corrected chi connectivity index (χ4v) is 1.99. The number of nitrogen functional groups attached to an aromatic ring is 1. The highest BCUT2D eigenvalue weighted by Gasteiger charge is 2.38. The van der Waals surface area contributed by atoms with Gasteiger partial charge in [-0.25, -0.2) is 0 Å². The maximum atomic E-state index is 12.6. The fraction of sp³-hybridized carbons (Fsp3) is 0.538. The number of nitrogens with two attached hydrogens (primary N) is 1. The summed E-state index contributed by atoms with van der Waals surface area (Å²) in [6.45, 7) is 1.30. The van der Waals surface area contributed by atoms with Crippen LogP contribution in [-0.4, -0.2) is 25.4 Å². The van der Waals surface area contributed by atoms with Gasteiger partial charge in [-0.2, -0.15) is 13.2 Å². The van der Waals surface area contributed by atoms with E-state index >= 15 is 0 Å². The highest BCUT2D eigenvalue weighted by molar-refractivity contribution is 5.63. The van der Waals surface area contributed by atoms with E-state index in [2.05, 4.69) is 0 Å². The van der Waals surface area contributed by atoms with E-state index in [1.54, 1.807) is 25.1 Å². The van der Waals surface area contributed by atoms with Crippen LogP contribution in [0.3, 0.4) is 0 Å². The molecule has 6 heteroatoms. The molecule has 0 amide bonds. The van der Waals surface area contributed by atoms with Gasteiger partial charge in [0.1, 0.15) is 12.3 Å². The summed E-state index contributed by atoms with van der Waals surface area (Å²) in [5.41, 5.74) is 6.68. The summed E-state index contributed by atoms with van der Waals surface area (Å²) < 4.78 is 43.2. The Balaban J connectivity index is 2.24. The number of halogens is 3. The zero-order valence-corrected chi connectivity index (χ0v) is 10.7. The Kier molecular flexibility index (Phi) is 3.78. The summed E-state index contributed by atoms with van der Waals surface area (Å²) in [6.07, 6.45) is -2.62. The van der Waals surface area contributed by atoms with Crippen LogP contribution in [0.2, 0.25) is 0 Å². The summed E-state index contributed by atoms with van der Waals surface area (Å²) in [4.78, 5) is 1.38. The number of nitrogens with zero attached hydrogens (tertiary/aromatic N) is 1. The van der Waals surface area contributed by atoms with Gasteiger partial charge in [-0.15, -0.1) is 0 Å². The van der Waals surface area contributed by atoms with Gasteiger partial charge in [0.25, 0.3) is 0 Å². The van der Waals surface area contributed by atoms with Gasteiger partial charge in [0.05, 0.1) is 12.3 Å². The largest absolute Gasteiger partial charge is 0.492 e. The van der Waals surface area contributed by atoms with Crippen LogP contribution in [0.15, 0.2) is 18.2 Å². The maximum absolute atomic E-state index is 12.6. The van der Waals surface area contributed by atoms with E-state index in [-0.39, 0.29) is 6.04 Å². The molecule has 1 aliphatic carbocycles. The van der Waals surface area contributed by atoms with E-state index in [1.165, 1.54) is 4.90 Å². The minimum atomic E-state index is -4.21. The smallest absolute Gasteiger partial charge is 0.405 e. The second kappa shape index (κ2) is 5.19. The minimum absolute atomic E-state index is 0.0280. The van der Waals surface area contributed by atoms with Crippen molar-refractivity contribution in [2.24, 2.45) is 0 Å². The van der Waals surface area contributed by atoms with Gasteiger partial charge in [0.15, 0.2) is 0 Å². The normalized spacial score (nSPS) is 15.4. The Bertz CT molecular complexity index is 444. The number of hydrogen-bond acceptors (Lipinski definition) is 3. The third kappa shape index (κ3) is 3.68. The van der Waals surface area contributed by atoms with Crippen molar-refractivity contribution >= 4 is 11.4 Å². The van der Waals surface area contributed by atoms with E-state index in [0.29, 0.717) is 23.7 Å². The van der Waals surface area contributed by atoms with E-state index in [4.69, 9.17) is 10.5 Å². The maximum Gasteiger partial charge on any atom is 0.405 e. The lowest BCUT2D eigenvalue weighted by molar-refractivity contribution is -0.120. The van der Waals surface area contributed by atoms with Gasteiger partial charge in [0, 0.05) is 17.8 Å². The summed E-state index contributed by atoms with van der Waals surface area (Å²) in [5.74, 6) is 0.438. The van der Waals surface area contributed by atoms with Crippen LogP contribution in [-0.2, 0) is 0 Å². The summed E-state index contributed by atoms with van der Waals surface area (Å²) in [5, 5.41) is 0. The zero-order chi connectivity index (χ0) is 14.0. The third-order valence-electron chi connectivity index (χ3n) is 2.97. The number of hydrogen-bond donors (Lipinski definition) is 1. The molecule has 106 valence electrons. The van der Waals surface area contributed by atoms with Crippen molar-refractivity contribution in [3.05, 3.63) is 18.2 Å². The quantitative estimate of drug-likeness (QED) is 0.838. The number of anilines is 2. The molecule has 0 atom stereocenters. The molecule has 0 spiro atoms. The minimum Gasteiger partial charge on any atom is -0.492 e. The molecule has 1 fully saturated rings. The molecule has 2 rings (SSSR count). The average Bonchev–Trinajstić information content (AvgIpc) is 3.12. The molecule has 1 aromatic rings. The second-order valence-electron chi connectivity index (χ2n) is 4.63. The first-order valence-electron chi connectivity index (χ1n) is 6.26. The lowest BCUT2D eigenvalue weighted by Gasteiger charge is -2.26. The van der Waals surface area contributed by atoms with Crippen molar-refractivity contribution < 1.29 is 17.9 Å². The van der Waals surface area contributed by atoms with Crippen molar-refractivity contribution in [1.29, 1.82) is 0 Å². The molecule has 0 heterocycles. The molecular weight excluding hydrogens is 257 g/mol. The fourth-order valence-electron chi connectivity index (χ4n) is 1.99. The molecule has 1 aliphatic rings. The second-order valence-corrected chi connectivity index (χ2v) is 4.63. The number of rotatable bonds is 5. The molecule has 0 saturated heterocycles. The van der Waals surface area contributed by atoms with Crippen molar-refractivity contribution in [1.82, 2.24) is 0 Å². The van der Waals surface area contributed by atoms with Gasteiger partial charge in [0.2, 0.25) is 0 Å². The number of alkyl halides is 3. The lowest BCUT2D eigenvalue weighted by Crippen LogP contribution is -2.36. The Morgan fingerprint density at radius 3 is 2.58 bits per heavy atom. The number of benzene rings is 1. The molecule has 0 unspecified atom stereocenters. The molecular formula is C13H17F3N2O. The molecule has 1 saturated carbocycles. The Morgan fingerprint density at radius 2 is 2.05 bits per heavy atom. The first kappa shape index (κ1) is 13.8. The van der Waals surface area contributed by atoms with Crippen LogP contribution in [0.4, 0.5) is 24.5 Å². The number of ether oxygens (including phenoxy) is 1. The van der Waals surface area contributed by atoms with E-state index in [0.717, 1.165) is 12.8 Å². The monoisotopic (exact) mass is 274 g/mol. The topological polar surface area (TPSA) is 38.5 Å². The Morgan fingerprint density at radius 1 is 1.37 bits per heavy atom. The van der Waals surface area contributed by atoms with Crippen molar-refractivity contribution in [3.63, 3.8) is 0 Å². The zero-order valence-electron chi connectivity index (χ0n) is 10.7. The van der Waals surface area contributed by atoms with Gasteiger partial charge < -0.3 is 15.4 Å². The van der Waals surface area contributed by atoms with Crippen LogP contribution in [0.1, 0.15) is 19.8 Å². The van der Waals surface area contributed by atoms with Crippen molar-refractivity contribution in [2.75, 3.05) is 23.8 Å². The van der Waals surface area contributed by atoms with Crippen molar-refractivity contribution in [3.8, 4) is 5.75 Å². The van der Waals surface area contributed by atoms with Gasteiger partial charge in [-0.1, -0.05) is 0 Å². The summed E-state index contributed by atoms with van der Waals surface area (Å²) in [6, 6.07) is 4.76. The molecule has 1 aromatic carbocycles. The summed E-state index contributed by atoms with van der Waals surface area (Å²) >= 11 is 0. The molecule has 0 aliphatic heterocycles. The predicted octanol–water partition coefficient (Wildman–Crippen LogP) is 3.20. The van der Waals surface area contributed by atoms with Gasteiger partial charge in [-0.3, -0.25) is 0 Å². The molecule has 3 nitrogen and oxygen atoms in total. The predicted molar refractivity (Wildman–Crippen MR) is 68.4 cm³/mol. The van der Waals surface area contributed by atoms with E-state index in [9.17, 15) is 13.2 Å². The van der Waals surface area contributed by atoms with E-state index < -0.39 is 12.7 Å². The molecule has 2 N–H and O–H groups in total. The first-order valence-corrected chi connectivity index (χ1v) is 6.26. The lowest BCUT2D eigenvalue weighted by atomic mass is 10.2. The molecule has 0 aromatic heterocycles. The first-order chi connectivity index (χ1) is 8.90. The molecule has 0 radical (unpaired) electrons. The standard InChI is InChI=1S/C13H17F3N2O/c1-2-19-12-7-10(5-6-11(12)17)18(9-3-4-9)8-13(14,15)16/h5-7,9H,2-4,8,17H2,1H3. The van der Waals surface area contributed by atoms with Gasteiger partial charge >= 0.3 is 6.18 Å². The van der Waals surface area contributed by atoms with Crippen LogP contribution in [0.5, 0.6) is 5.75 Å². The highest BCUT2D eigenvalue weighted by Crippen LogP contribution is 2.37. The van der Waals surface area contributed by atoms with Crippen LogP contribution >= 0.6 is 0 Å². The van der Waals surface area contributed by atoms with Crippen LogP contribution in [0, 0.1) is 0 Å². The third-order valence-corrected chi connectivity index (χ3v) is 2.97.